The number of morpholine rings is 2. The Bertz CT molecular complexity index is 6170. The molecule has 2 amide bonds. The third kappa shape index (κ3) is 20.6. The van der Waals surface area contributed by atoms with Gasteiger partial charge in [0, 0.05) is 197 Å². The van der Waals surface area contributed by atoms with Gasteiger partial charge in [-0.15, -0.1) is 0 Å². The molecule has 0 radical (unpaired) electrons. The van der Waals surface area contributed by atoms with Gasteiger partial charge in [-0.05, 0) is 114 Å². The number of halogens is 4. The summed E-state index contributed by atoms with van der Waals surface area (Å²) in [6.45, 7) is 28.1. The number of rotatable bonds is 19. The number of amides is 2. The molecule has 27 heteroatoms. The van der Waals surface area contributed by atoms with Gasteiger partial charge in [-0.1, -0.05) is 159 Å². The van der Waals surface area contributed by atoms with E-state index < -0.39 is 0 Å². The topological polar surface area (TPSA) is 224 Å². The van der Waals surface area contributed by atoms with Crippen LogP contribution in [-0.2, 0) is 50.0 Å². The molecule has 0 atom stereocenters. The number of benzene rings is 6. The number of nitrogens with zero attached hydrogens (tertiary/aromatic N) is 18. The van der Waals surface area contributed by atoms with Crippen molar-refractivity contribution >= 4 is 86.4 Å². The van der Waals surface area contributed by atoms with Crippen LogP contribution < -0.4 is 0 Å². The molecular formula is C96H96Cl4N18O5. The number of imidazole rings is 4. The number of piperazine rings is 2. The van der Waals surface area contributed by atoms with Gasteiger partial charge in [0.25, 0.3) is 0 Å². The van der Waals surface area contributed by atoms with E-state index in [0.29, 0.717) is 59.7 Å². The lowest BCUT2D eigenvalue weighted by molar-refractivity contribution is -0.137. The molecule has 628 valence electrons. The molecule has 4 aliphatic heterocycles. The van der Waals surface area contributed by atoms with Crippen molar-refractivity contribution in [1.29, 1.82) is 10.5 Å². The van der Waals surface area contributed by atoms with Crippen molar-refractivity contribution in [3.8, 4) is 79.4 Å². The number of nitriles is 2. The first-order valence-electron chi connectivity index (χ1n) is 41.4. The summed E-state index contributed by atoms with van der Waals surface area (Å²) in [4.78, 5) is 66.4. The molecule has 0 aliphatic carbocycles. The van der Waals surface area contributed by atoms with Crippen LogP contribution in [0.2, 0.25) is 20.1 Å². The number of hydrogen-bond donors (Lipinski definition) is 0. The number of allylic oxidation sites excluding steroid dienone is 1. The van der Waals surface area contributed by atoms with E-state index in [1.165, 1.54) is 5.69 Å². The highest BCUT2D eigenvalue weighted by molar-refractivity contribution is 6.31. The lowest BCUT2D eigenvalue weighted by Crippen LogP contribution is -2.49. The lowest BCUT2D eigenvalue weighted by atomic mass is 10.0. The van der Waals surface area contributed by atoms with Crippen LogP contribution in [0.4, 0.5) is 0 Å². The first kappa shape index (κ1) is 86.4. The monoisotopic (exact) mass is 1720 g/mol. The number of aromatic nitrogens is 10. The maximum absolute atomic E-state index is 12.2. The van der Waals surface area contributed by atoms with Crippen molar-refractivity contribution in [2.24, 2.45) is 0 Å². The van der Waals surface area contributed by atoms with Crippen molar-refractivity contribution in [2.45, 2.75) is 66.2 Å². The van der Waals surface area contributed by atoms with E-state index >= 15 is 0 Å². The fourth-order valence-corrected chi connectivity index (χ4v) is 16.3. The first-order valence-corrected chi connectivity index (χ1v) is 42.9. The molecule has 0 unspecified atom stereocenters. The Hall–Kier alpha value is -11.5. The number of carbonyl (C=O) groups excluding carboxylic acids is 2. The third-order valence-corrected chi connectivity index (χ3v) is 23.6. The predicted octanol–water partition coefficient (Wildman–Crippen LogP) is 17.7. The van der Waals surface area contributed by atoms with Crippen LogP contribution in [-0.4, -0.2) is 207 Å². The predicted molar refractivity (Wildman–Crippen MR) is 485 cm³/mol. The molecule has 23 nitrogen and oxygen atoms in total. The van der Waals surface area contributed by atoms with E-state index in [-0.39, 0.29) is 18.4 Å². The third-order valence-electron chi connectivity index (χ3n) is 22.6. The zero-order chi connectivity index (χ0) is 85.6. The average Bonchev–Trinajstić information content (AvgIpc) is 1.64. The number of ether oxygens (including phenoxy) is 3. The van der Waals surface area contributed by atoms with Crippen molar-refractivity contribution < 1.29 is 23.8 Å². The van der Waals surface area contributed by atoms with Crippen molar-refractivity contribution in [3.63, 3.8) is 0 Å². The van der Waals surface area contributed by atoms with E-state index in [4.69, 9.17) is 80.6 Å². The van der Waals surface area contributed by atoms with Gasteiger partial charge in [-0.2, -0.15) is 10.5 Å². The van der Waals surface area contributed by atoms with Crippen LogP contribution >= 0.6 is 46.4 Å². The molecular weight excluding hydrogens is 1630 g/mol. The number of methoxy groups -OCH3 is 1. The number of carbonyl (C=O) groups is 2. The highest BCUT2D eigenvalue weighted by Crippen LogP contribution is 2.36. The van der Waals surface area contributed by atoms with E-state index in [1.807, 2.05) is 212 Å². The molecule has 4 aliphatic rings. The van der Waals surface area contributed by atoms with Gasteiger partial charge >= 0.3 is 0 Å². The van der Waals surface area contributed by atoms with Crippen molar-refractivity contribution in [2.75, 3.05) is 119 Å². The maximum atomic E-state index is 12.2. The SMILES string of the molecule is C=C(C)c1cn2c(CN3CCOCC3)c(-c3ccc(Cl)cc3)nc2cn1.CC(C)c1cn2c(CN3CCOCC3)c(-c3ccc(Cl)cc3)nc2cn1.CCC(=O)N1CCN(Cc2c(-c3ccc(Cl)cc3)nc3ccc(-c4ccccc4C#N)cn23)CC1.COCC(=O)N1CCN(Cc2c(-c3ccc(Cl)cc3)nc3ccc(-c4ccccc4C#N)cn23)CC1. The summed E-state index contributed by atoms with van der Waals surface area (Å²) in [7, 11) is 1.54. The molecule has 0 saturated carbocycles. The Morgan fingerprint density at radius 1 is 0.431 bits per heavy atom. The van der Waals surface area contributed by atoms with Gasteiger partial charge in [0.05, 0.1) is 119 Å². The molecule has 12 heterocycles. The number of fused-ring (bicyclic) bond motifs is 4. The molecule has 18 rings (SSSR count). The number of pyridine rings is 2. The normalized spacial score (nSPS) is 14.8. The Morgan fingerprint density at radius 2 is 0.764 bits per heavy atom. The summed E-state index contributed by atoms with van der Waals surface area (Å²) in [6, 6.07) is 59.1. The van der Waals surface area contributed by atoms with E-state index in [2.05, 4.69) is 98.3 Å². The Labute approximate surface area is 736 Å². The first-order chi connectivity index (χ1) is 59.9. The zero-order valence-corrected chi connectivity index (χ0v) is 72.6. The van der Waals surface area contributed by atoms with Crippen LogP contribution in [0.25, 0.3) is 95.4 Å². The second kappa shape index (κ2) is 40.2. The molecule has 0 bridgehead atoms. The van der Waals surface area contributed by atoms with Crippen molar-refractivity contribution in [3.05, 3.63) is 279 Å². The fourth-order valence-electron chi connectivity index (χ4n) is 15.8. The smallest absolute Gasteiger partial charge is 0.248 e. The fraction of sp³-hybridized carbons (Fsp3) is 0.292. The minimum atomic E-state index is 0.0228. The quantitative estimate of drug-likeness (QED) is 0.0734. The van der Waals surface area contributed by atoms with Gasteiger partial charge in [-0.3, -0.25) is 48.0 Å². The average molecular weight is 1720 g/mol. The minimum absolute atomic E-state index is 0.0228. The highest BCUT2D eigenvalue weighted by Gasteiger charge is 2.29. The summed E-state index contributed by atoms with van der Waals surface area (Å²) < 4.78 is 24.6. The standard InChI is InChI=1S/C28H26ClN5O2.C28H26ClN5O.C20H23ClN4O.C20H21ClN4O/c1-36-19-27(35)33-14-12-32(13-15-33)18-25-28(20-6-9-23(29)10-7-20)31-26-11-8-22(17-34(25)26)24-5-3-2-4-21(24)16-30;1-2-27(35)33-15-13-32(14-16-33)19-25-28(20-7-10-23(29)11-8-20)31-26-12-9-22(18-34(25)26)24-6-4-3-5-21(24)17-30;2*1-14(2)17-12-25-18(13-24-7-9-26-10-8-24)20(23-19(25)11-22-17)15-3-5-16(21)6-4-15/h2-11,17H,12-15,18-19H2,1H3;3-12,18H,2,13-16,19H2,1H3;3-6,11-12,14H,7-10,13H2,1-2H3;3-6,11-12H,1,7-10,13H2,2H3. The molecule has 14 aromatic rings. The van der Waals surface area contributed by atoms with Crippen LogP contribution in [0.1, 0.15) is 85.3 Å². The highest BCUT2D eigenvalue weighted by atomic mass is 35.5. The minimum Gasteiger partial charge on any atom is -0.379 e. The maximum Gasteiger partial charge on any atom is 0.248 e. The molecule has 6 aromatic carbocycles. The van der Waals surface area contributed by atoms with E-state index in [1.54, 1.807) is 7.11 Å². The van der Waals surface area contributed by atoms with Crippen molar-refractivity contribution in [1.82, 2.24) is 76.9 Å². The van der Waals surface area contributed by atoms with Crippen LogP contribution in [0.3, 0.4) is 0 Å². The second-order valence-electron chi connectivity index (χ2n) is 31.1. The van der Waals surface area contributed by atoms with Gasteiger partial charge in [0.2, 0.25) is 11.8 Å². The zero-order valence-electron chi connectivity index (χ0n) is 69.6. The van der Waals surface area contributed by atoms with Gasteiger partial charge in [-0.25, -0.2) is 19.9 Å². The number of hydrogen-bond acceptors (Lipinski definition) is 17. The van der Waals surface area contributed by atoms with Crippen LogP contribution in [0, 0.1) is 22.7 Å². The van der Waals surface area contributed by atoms with E-state index in [0.717, 1.165) is 239 Å². The van der Waals surface area contributed by atoms with Gasteiger partial charge in [0.15, 0.2) is 11.3 Å². The summed E-state index contributed by atoms with van der Waals surface area (Å²) >= 11 is 24.4. The molecule has 4 saturated heterocycles. The molecule has 8 aromatic heterocycles. The summed E-state index contributed by atoms with van der Waals surface area (Å²) in [6.07, 6.45) is 12.5. The molecule has 4 fully saturated rings. The summed E-state index contributed by atoms with van der Waals surface area (Å²) in [5, 5.41) is 22.0. The molecule has 0 spiro atoms. The van der Waals surface area contributed by atoms with Crippen LogP contribution in [0.15, 0.2) is 214 Å². The van der Waals surface area contributed by atoms with E-state index in [9.17, 15) is 20.1 Å². The Balaban J connectivity index is 0.000000129. The van der Waals surface area contributed by atoms with Crippen LogP contribution in [0.5, 0.6) is 0 Å². The second-order valence-corrected chi connectivity index (χ2v) is 32.9. The molecule has 0 N–H and O–H groups in total. The summed E-state index contributed by atoms with van der Waals surface area (Å²) in [5.74, 6) is 0.605. The summed E-state index contributed by atoms with van der Waals surface area (Å²) in [5.41, 5.74) is 23.6. The lowest BCUT2D eigenvalue weighted by Gasteiger charge is -2.34. The van der Waals surface area contributed by atoms with Gasteiger partial charge in [0.1, 0.15) is 17.9 Å². The van der Waals surface area contributed by atoms with Gasteiger partial charge < -0.3 is 32.8 Å². The largest absolute Gasteiger partial charge is 0.379 e. The Kier molecular flexibility index (Phi) is 28.2. The Morgan fingerprint density at radius 3 is 1.12 bits per heavy atom. The molecule has 123 heavy (non-hydrogen) atoms.